The molecule has 0 N–H and O–H groups in total. The Morgan fingerprint density at radius 2 is 1.42 bits per heavy atom. The third-order valence-electron chi connectivity index (χ3n) is 4.85. The molecule has 0 aliphatic carbocycles. The van der Waals surface area contributed by atoms with Crippen molar-refractivity contribution in [3.63, 3.8) is 0 Å². The van der Waals surface area contributed by atoms with Gasteiger partial charge in [-0.15, -0.1) is 0 Å². The Labute approximate surface area is 183 Å². The molecule has 160 valence electrons. The molecular weight excluding hydrogens is 390 g/mol. The summed E-state index contributed by atoms with van der Waals surface area (Å²) in [5, 5.41) is 0. The molecule has 5 heteroatoms. The molecule has 0 saturated heterocycles. The van der Waals surface area contributed by atoms with E-state index in [0.717, 1.165) is 16.7 Å². The number of nitrogens with zero attached hydrogens (tertiary/aromatic N) is 1. The smallest absolute Gasteiger partial charge is 0.344 e. The van der Waals surface area contributed by atoms with Crippen molar-refractivity contribution in [2.24, 2.45) is 0 Å². The van der Waals surface area contributed by atoms with Gasteiger partial charge in [0.15, 0.2) is 12.7 Å². The van der Waals surface area contributed by atoms with Gasteiger partial charge in [-0.1, -0.05) is 78.9 Å². The highest BCUT2D eigenvalue weighted by atomic mass is 16.6. The summed E-state index contributed by atoms with van der Waals surface area (Å²) in [5.41, 5.74) is 3.14. The Bertz CT molecular complexity index is 989. The van der Waals surface area contributed by atoms with Crippen molar-refractivity contribution in [1.82, 2.24) is 4.90 Å². The van der Waals surface area contributed by atoms with E-state index in [4.69, 9.17) is 9.47 Å². The van der Waals surface area contributed by atoms with Gasteiger partial charge in [-0.3, -0.25) is 4.79 Å². The SMILES string of the molecule is C[C@@H](OC(=O)COc1ccccc1Cc1ccccc1)C(=O)N(C)Cc1ccccc1. The summed E-state index contributed by atoms with van der Waals surface area (Å²) >= 11 is 0. The van der Waals surface area contributed by atoms with Crippen molar-refractivity contribution >= 4 is 11.9 Å². The van der Waals surface area contributed by atoms with Gasteiger partial charge in [-0.2, -0.15) is 0 Å². The van der Waals surface area contributed by atoms with Crippen LogP contribution in [0, 0.1) is 0 Å². The molecule has 1 atom stereocenters. The molecule has 0 aromatic heterocycles. The van der Waals surface area contributed by atoms with E-state index in [1.54, 1.807) is 18.9 Å². The number of ether oxygens (including phenoxy) is 2. The van der Waals surface area contributed by atoms with Crippen molar-refractivity contribution in [2.45, 2.75) is 26.0 Å². The van der Waals surface area contributed by atoms with E-state index in [-0.39, 0.29) is 12.5 Å². The molecule has 1 amide bonds. The van der Waals surface area contributed by atoms with Crippen molar-refractivity contribution in [3.8, 4) is 5.75 Å². The van der Waals surface area contributed by atoms with E-state index >= 15 is 0 Å². The van der Waals surface area contributed by atoms with E-state index in [1.165, 1.54) is 0 Å². The first-order chi connectivity index (χ1) is 15.0. The average Bonchev–Trinajstić information content (AvgIpc) is 2.79. The molecule has 0 fully saturated rings. The highest BCUT2D eigenvalue weighted by Gasteiger charge is 2.22. The molecule has 3 aromatic carbocycles. The number of hydrogen-bond acceptors (Lipinski definition) is 4. The lowest BCUT2D eigenvalue weighted by Crippen LogP contribution is -2.37. The fraction of sp³-hybridized carbons (Fsp3) is 0.231. The largest absolute Gasteiger partial charge is 0.482 e. The highest BCUT2D eigenvalue weighted by molar-refractivity contribution is 5.83. The van der Waals surface area contributed by atoms with E-state index in [2.05, 4.69) is 0 Å². The number of carbonyl (C=O) groups excluding carboxylic acids is 2. The lowest BCUT2D eigenvalue weighted by Gasteiger charge is -2.21. The second kappa shape index (κ2) is 11.0. The predicted molar refractivity (Wildman–Crippen MR) is 120 cm³/mol. The Morgan fingerprint density at radius 3 is 2.10 bits per heavy atom. The molecule has 5 nitrogen and oxygen atoms in total. The maximum Gasteiger partial charge on any atom is 0.344 e. The highest BCUT2D eigenvalue weighted by Crippen LogP contribution is 2.21. The summed E-state index contributed by atoms with van der Waals surface area (Å²) in [6.45, 7) is 1.77. The minimum absolute atomic E-state index is 0.258. The van der Waals surface area contributed by atoms with Crippen LogP contribution >= 0.6 is 0 Å². The van der Waals surface area contributed by atoms with Gasteiger partial charge in [0, 0.05) is 20.0 Å². The van der Waals surface area contributed by atoms with E-state index in [9.17, 15) is 9.59 Å². The van der Waals surface area contributed by atoms with E-state index in [1.807, 2.05) is 84.9 Å². The van der Waals surface area contributed by atoms with Crippen LogP contribution in [-0.4, -0.2) is 36.5 Å². The molecule has 3 aromatic rings. The lowest BCUT2D eigenvalue weighted by molar-refractivity contribution is -0.160. The normalized spacial score (nSPS) is 11.4. The maximum atomic E-state index is 12.5. The number of likely N-dealkylation sites (N-methyl/N-ethyl adjacent to an activating group) is 1. The Kier molecular flexibility index (Phi) is 7.82. The standard InChI is InChI=1S/C26H27NO4/c1-20(26(29)27(2)18-22-13-7-4-8-14-22)31-25(28)19-30-24-16-10-9-15-23(24)17-21-11-5-3-6-12-21/h3-16,20H,17-19H2,1-2H3/t20-/m1/s1. The van der Waals surface area contributed by atoms with E-state index in [0.29, 0.717) is 18.7 Å². The molecule has 0 unspecified atom stereocenters. The van der Waals surface area contributed by atoms with Crippen LogP contribution in [0.15, 0.2) is 84.9 Å². The molecule has 0 saturated carbocycles. The molecule has 0 spiro atoms. The van der Waals surface area contributed by atoms with Gasteiger partial charge in [0.1, 0.15) is 5.75 Å². The van der Waals surface area contributed by atoms with Gasteiger partial charge < -0.3 is 14.4 Å². The summed E-state index contributed by atoms with van der Waals surface area (Å²) in [6, 6.07) is 27.3. The van der Waals surface area contributed by atoms with Crippen LogP contribution in [0.4, 0.5) is 0 Å². The summed E-state index contributed by atoms with van der Waals surface area (Å²) in [4.78, 5) is 26.3. The van der Waals surface area contributed by atoms with Gasteiger partial charge in [0.2, 0.25) is 0 Å². The zero-order valence-corrected chi connectivity index (χ0v) is 17.9. The fourth-order valence-corrected chi connectivity index (χ4v) is 3.27. The second-order valence-electron chi connectivity index (χ2n) is 7.37. The molecule has 3 rings (SSSR count). The molecule has 0 radical (unpaired) electrons. The van der Waals surface area contributed by atoms with Crippen LogP contribution in [0.5, 0.6) is 5.75 Å². The predicted octanol–water partition coefficient (Wildman–Crippen LogP) is 4.25. The van der Waals surface area contributed by atoms with Crippen molar-refractivity contribution in [2.75, 3.05) is 13.7 Å². The van der Waals surface area contributed by atoms with Crippen LogP contribution < -0.4 is 4.74 Å². The Morgan fingerprint density at radius 1 is 0.839 bits per heavy atom. The van der Waals surface area contributed by atoms with Crippen LogP contribution in [0.2, 0.25) is 0 Å². The van der Waals surface area contributed by atoms with Gasteiger partial charge in [0.25, 0.3) is 5.91 Å². The number of para-hydroxylation sites is 1. The molecule has 0 aliphatic rings. The molecule has 31 heavy (non-hydrogen) atoms. The van der Waals surface area contributed by atoms with Gasteiger partial charge in [-0.05, 0) is 29.7 Å². The minimum atomic E-state index is -0.885. The summed E-state index contributed by atoms with van der Waals surface area (Å²) in [7, 11) is 1.69. The number of benzene rings is 3. The van der Waals surface area contributed by atoms with Crippen molar-refractivity contribution in [3.05, 3.63) is 102 Å². The third kappa shape index (κ3) is 6.71. The van der Waals surface area contributed by atoms with Crippen molar-refractivity contribution in [1.29, 1.82) is 0 Å². The number of hydrogen-bond donors (Lipinski definition) is 0. The van der Waals surface area contributed by atoms with E-state index < -0.39 is 12.1 Å². The van der Waals surface area contributed by atoms with Crippen LogP contribution in [-0.2, 0) is 27.3 Å². The first-order valence-corrected chi connectivity index (χ1v) is 10.3. The molecule has 0 aliphatic heterocycles. The number of amides is 1. The third-order valence-corrected chi connectivity index (χ3v) is 4.85. The fourth-order valence-electron chi connectivity index (χ4n) is 3.27. The van der Waals surface area contributed by atoms with Crippen LogP contribution in [0.25, 0.3) is 0 Å². The number of rotatable bonds is 9. The minimum Gasteiger partial charge on any atom is -0.482 e. The van der Waals surface area contributed by atoms with Gasteiger partial charge >= 0.3 is 5.97 Å². The first-order valence-electron chi connectivity index (χ1n) is 10.3. The van der Waals surface area contributed by atoms with Crippen LogP contribution in [0.1, 0.15) is 23.6 Å². The summed E-state index contributed by atoms with van der Waals surface area (Å²) in [6.07, 6.45) is -0.185. The van der Waals surface area contributed by atoms with Crippen LogP contribution in [0.3, 0.4) is 0 Å². The lowest BCUT2D eigenvalue weighted by atomic mass is 10.0. The summed E-state index contributed by atoms with van der Waals surface area (Å²) in [5.74, 6) is -0.214. The molecule has 0 heterocycles. The number of esters is 1. The topological polar surface area (TPSA) is 55.8 Å². The Balaban J connectivity index is 1.51. The summed E-state index contributed by atoms with van der Waals surface area (Å²) < 4.78 is 11.0. The first kappa shape index (κ1) is 22.1. The van der Waals surface area contributed by atoms with Gasteiger partial charge in [0.05, 0.1) is 0 Å². The molecular formula is C26H27NO4. The second-order valence-corrected chi connectivity index (χ2v) is 7.37. The zero-order chi connectivity index (χ0) is 22.1. The molecule has 0 bridgehead atoms. The number of carbonyl (C=O) groups is 2. The zero-order valence-electron chi connectivity index (χ0n) is 17.9. The monoisotopic (exact) mass is 417 g/mol. The average molecular weight is 418 g/mol. The quantitative estimate of drug-likeness (QED) is 0.489. The van der Waals surface area contributed by atoms with Gasteiger partial charge in [-0.25, -0.2) is 4.79 Å². The maximum absolute atomic E-state index is 12.5. The Hall–Kier alpha value is -3.60. The van der Waals surface area contributed by atoms with Crippen molar-refractivity contribution < 1.29 is 19.1 Å².